The molecule has 0 aliphatic heterocycles. The molecule has 0 fully saturated rings. The van der Waals surface area contributed by atoms with Crippen LogP contribution in [-0.2, 0) is 24.5 Å². The number of carbonyl (C=O) groups excluding carboxylic acids is 2. The molecule has 0 aliphatic rings. The summed E-state index contributed by atoms with van der Waals surface area (Å²) >= 11 is 0. The Hall–Kier alpha value is -1.88. The van der Waals surface area contributed by atoms with Crippen LogP contribution < -0.4 is 15.2 Å². The summed E-state index contributed by atoms with van der Waals surface area (Å²) in [6.45, 7) is 1.39. The van der Waals surface area contributed by atoms with Crippen molar-refractivity contribution < 1.29 is 32.6 Å². The predicted octanol–water partition coefficient (Wildman–Crippen LogP) is -2.10. The van der Waals surface area contributed by atoms with Crippen LogP contribution >= 0.6 is 0 Å². The number of nitrogens with two attached hydrogens (primary N) is 1. The van der Waals surface area contributed by atoms with Crippen molar-refractivity contribution in [1.82, 2.24) is 9.44 Å². The molecule has 0 aliphatic carbocycles. The molecule has 1 atom stereocenters. The number of carboxylic acid groups (broad SMARTS) is 1. The molecule has 0 unspecified atom stereocenters. The number of nitrogens with one attached hydrogen (secondary N) is 2. The van der Waals surface area contributed by atoms with E-state index in [2.05, 4.69) is 4.74 Å². The van der Waals surface area contributed by atoms with Gasteiger partial charge >= 0.3 is 22.3 Å². The largest absolute Gasteiger partial charge is 0.480 e. The molecule has 0 rings (SSSR count). The van der Waals surface area contributed by atoms with E-state index in [9.17, 15) is 22.8 Å². The molecule has 0 spiro atoms. The normalized spacial score (nSPS) is 12.5. The number of rotatable bonds is 7. The van der Waals surface area contributed by atoms with Crippen LogP contribution in [-0.4, -0.2) is 44.1 Å². The number of hydrogen-bond donors (Lipinski definition) is 4. The van der Waals surface area contributed by atoms with Gasteiger partial charge in [0.1, 0.15) is 6.04 Å². The van der Waals surface area contributed by atoms with Crippen molar-refractivity contribution in [2.45, 2.75) is 19.4 Å². The molecule has 0 radical (unpaired) electrons. The van der Waals surface area contributed by atoms with E-state index in [1.807, 2.05) is 0 Å². The lowest BCUT2D eigenvalue weighted by molar-refractivity contribution is -0.140. The second-order valence-electron chi connectivity index (χ2n) is 3.01. The van der Waals surface area contributed by atoms with Gasteiger partial charge in [0.05, 0.1) is 13.0 Å². The van der Waals surface area contributed by atoms with Crippen LogP contribution in [0.25, 0.3) is 0 Å². The SMILES string of the molecule is CCOC(=O)NS(=O)(=O)N[C@H](CC(N)=O)C(=O)O. The summed E-state index contributed by atoms with van der Waals surface area (Å²) < 4.78 is 29.8. The smallest absolute Gasteiger partial charge is 0.421 e. The molecule has 11 heteroatoms. The maximum absolute atomic E-state index is 11.3. The van der Waals surface area contributed by atoms with E-state index in [0.29, 0.717) is 0 Å². The molecule has 0 heterocycles. The molecule has 0 bridgehead atoms. The summed E-state index contributed by atoms with van der Waals surface area (Å²) in [5, 5.41) is 8.64. The Bertz CT molecular complexity index is 432. The summed E-state index contributed by atoms with van der Waals surface area (Å²) in [5.74, 6) is -2.62. The van der Waals surface area contributed by atoms with Crippen LogP contribution in [0.3, 0.4) is 0 Å². The third kappa shape index (κ3) is 6.65. The van der Waals surface area contributed by atoms with Crippen LogP contribution in [0.15, 0.2) is 0 Å². The average Bonchev–Trinajstić information content (AvgIpc) is 2.14. The summed E-state index contributed by atoms with van der Waals surface area (Å²) in [6, 6.07) is -1.77. The summed E-state index contributed by atoms with van der Waals surface area (Å²) in [6.07, 6.45) is -2.02. The fraction of sp³-hybridized carbons (Fsp3) is 0.571. The van der Waals surface area contributed by atoms with Gasteiger partial charge in [0.2, 0.25) is 5.91 Å². The first kappa shape index (κ1) is 16.1. The van der Waals surface area contributed by atoms with E-state index < -0.39 is 40.6 Å². The number of primary amides is 1. The molecule has 2 amide bonds. The average molecular weight is 283 g/mol. The Labute approximate surface area is 103 Å². The molecule has 0 saturated carbocycles. The fourth-order valence-electron chi connectivity index (χ4n) is 0.868. The van der Waals surface area contributed by atoms with Gasteiger partial charge < -0.3 is 15.6 Å². The van der Waals surface area contributed by atoms with Crippen LogP contribution in [0.5, 0.6) is 0 Å². The van der Waals surface area contributed by atoms with Gasteiger partial charge in [-0.1, -0.05) is 0 Å². The molecule has 18 heavy (non-hydrogen) atoms. The molecule has 0 aromatic carbocycles. The minimum atomic E-state index is -4.46. The van der Waals surface area contributed by atoms with Crippen LogP contribution in [0.2, 0.25) is 0 Å². The van der Waals surface area contributed by atoms with Crippen LogP contribution in [0.4, 0.5) is 4.79 Å². The van der Waals surface area contributed by atoms with E-state index in [1.54, 1.807) is 4.72 Å². The van der Waals surface area contributed by atoms with Gasteiger partial charge in [-0.25, -0.2) is 9.52 Å². The van der Waals surface area contributed by atoms with Crippen molar-refractivity contribution in [3.05, 3.63) is 0 Å². The zero-order chi connectivity index (χ0) is 14.3. The van der Waals surface area contributed by atoms with Gasteiger partial charge in [-0.3, -0.25) is 9.59 Å². The zero-order valence-corrected chi connectivity index (χ0v) is 10.2. The van der Waals surface area contributed by atoms with E-state index in [4.69, 9.17) is 10.8 Å². The van der Waals surface area contributed by atoms with Crippen molar-refractivity contribution in [2.24, 2.45) is 5.73 Å². The highest BCUT2D eigenvalue weighted by atomic mass is 32.2. The number of amides is 2. The Morgan fingerprint density at radius 1 is 1.39 bits per heavy atom. The Morgan fingerprint density at radius 3 is 2.33 bits per heavy atom. The molecular formula is C7H13N3O7S. The fourth-order valence-corrected chi connectivity index (χ4v) is 1.76. The highest BCUT2D eigenvalue weighted by molar-refractivity contribution is 7.88. The summed E-state index contributed by atoms with van der Waals surface area (Å²) in [5.41, 5.74) is 4.75. The first-order valence-electron chi connectivity index (χ1n) is 4.66. The van der Waals surface area contributed by atoms with Gasteiger partial charge in [-0.05, 0) is 6.92 Å². The number of carboxylic acids is 1. The maximum Gasteiger partial charge on any atom is 0.421 e. The molecular weight excluding hydrogens is 270 g/mol. The Kier molecular flexibility index (Phi) is 6.05. The van der Waals surface area contributed by atoms with Crippen molar-refractivity contribution in [2.75, 3.05) is 6.61 Å². The van der Waals surface area contributed by atoms with Gasteiger partial charge in [0.25, 0.3) is 0 Å². The quantitative estimate of drug-likeness (QED) is 0.415. The second-order valence-corrected chi connectivity index (χ2v) is 4.45. The minimum Gasteiger partial charge on any atom is -0.480 e. The zero-order valence-electron chi connectivity index (χ0n) is 9.37. The third-order valence-electron chi connectivity index (χ3n) is 1.49. The predicted molar refractivity (Wildman–Crippen MR) is 57.4 cm³/mol. The molecule has 10 nitrogen and oxygen atoms in total. The van der Waals surface area contributed by atoms with E-state index in [1.165, 1.54) is 11.6 Å². The number of carbonyl (C=O) groups is 3. The highest BCUT2D eigenvalue weighted by Gasteiger charge is 2.27. The van der Waals surface area contributed by atoms with E-state index >= 15 is 0 Å². The van der Waals surface area contributed by atoms with Crippen molar-refractivity contribution in [3.63, 3.8) is 0 Å². The van der Waals surface area contributed by atoms with Gasteiger partial charge in [-0.15, -0.1) is 0 Å². The number of ether oxygens (including phenoxy) is 1. The summed E-state index contributed by atoms with van der Waals surface area (Å²) in [4.78, 5) is 32.0. The third-order valence-corrected chi connectivity index (χ3v) is 2.52. The van der Waals surface area contributed by atoms with Gasteiger partial charge in [0, 0.05) is 0 Å². The minimum absolute atomic E-state index is 0.0645. The topological polar surface area (TPSA) is 165 Å². The first-order valence-corrected chi connectivity index (χ1v) is 6.14. The van der Waals surface area contributed by atoms with E-state index in [-0.39, 0.29) is 6.61 Å². The van der Waals surface area contributed by atoms with Crippen molar-refractivity contribution in [1.29, 1.82) is 0 Å². The molecule has 0 aromatic rings. The van der Waals surface area contributed by atoms with Crippen molar-refractivity contribution >= 4 is 28.2 Å². The molecule has 5 N–H and O–H groups in total. The lowest BCUT2D eigenvalue weighted by atomic mass is 10.2. The Morgan fingerprint density at radius 2 is 1.94 bits per heavy atom. The van der Waals surface area contributed by atoms with Crippen LogP contribution in [0.1, 0.15) is 13.3 Å². The molecule has 0 saturated heterocycles. The van der Waals surface area contributed by atoms with Gasteiger partial charge in [-0.2, -0.15) is 13.1 Å². The number of aliphatic carboxylic acids is 1. The lowest BCUT2D eigenvalue weighted by Crippen LogP contribution is -2.49. The standard InChI is InChI=1S/C7H13N3O7S/c1-2-17-7(14)10-18(15,16)9-4(6(12)13)3-5(8)11/h4,9H,2-3H2,1H3,(H2,8,11)(H,10,14)(H,12,13)/t4-/m1/s1. The van der Waals surface area contributed by atoms with E-state index in [0.717, 1.165) is 0 Å². The van der Waals surface area contributed by atoms with Crippen LogP contribution in [0, 0.1) is 0 Å². The lowest BCUT2D eigenvalue weighted by Gasteiger charge is -2.13. The summed E-state index contributed by atoms with van der Waals surface area (Å²) in [7, 11) is -4.46. The highest BCUT2D eigenvalue weighted by Crippen LogP contribution is 1.94. The number of hydrogen-bond acceptors (Lipinski definition) is 6. The molecule has 0 aromatic heterocycles. The second kappa shape index (κ2) is 6.76. The first-order chi connectivity index (χ1) is 8.18. The maximum atomic E-state index is 11.3. The monoisotopic (exact) mass is 283 g/mol. The van der Waals surface area contributed by atoms with Crippen molar-refractivity contribution in [3.8, 4) is 0 Å². The molecule has 104 valence electrons. The Balaban J connectivity index is 4.66. The van der Waals surface area contributed by atoms with Gasteiger partial charge in [0.15, 0.2) is 0 Å².